The van der Waals surface area contributed by atoms with Gasteiger partial charge in [0.05, 0.1) is 18.8 Å². The maximum absolute atomic E-state index is 12.6. The fourth-order valence-corrected chi connectivity index (χ4v) is 2.72. The van der Waals surface area contributed by atoms with Gasteiger partial charge in [0.15, 0.2) is 0 Å². The number of urea groups is 1. The summed E-state index contributed by atoms with van der Waals surface area (Å²) in [6.07, 6.45) is -2.71. The van der Waals surface area contributed by atoms with Gasteiger partial charge < -0.3 is 20.3 Å². The Morgan fingerprint density at radius 3 is 2.52 bits per heavy atom. The molecule has 6 nitrogen and oxygen atoms in total. The number of hydrogen-bond acceptors (Lipinski definition) is 4. The number of pyridine rings is 1. The Balaban J connectivity index is 1.58. The SMILES string of the molecule is O=C(NCc1cccnc1N1CCOCC1)Nc1ccc(C(F)(F)F)cc1. The first kappa shape index (κ1) is 19.0. The van der Waals surface area contributed by atoms with Gasteiger partial charge in [0.2, 0.25) is 0 Å². The quantitative estimate of drug-likeness (QED) is 0.855. The van der Waals surface area contributed by atoms with Gasteiger partial charge in [-0.1, -0.05) is 6.07 Å². The molecular formula is C18H19F3N4O2. The van der Waals surface area contributed by atoms with Crippen LogP contribution in [-0.2, 0) is 17.5 Å². The van der Waals surface area contributed by atoms with E-state index in [4.69, 9.17) is 4.74 Å². The Morgan fingerprint density at radius 1 is 1.15 bits per heavy atom. The maximum Gasteiger partial charge on any atom is 0.416 e. The molecule has 0 aliphatic carbocycles. The summed E-state index contributed by atoms with van der Waals surface area (Å²) < 4.78 is 43.0. The van der Waals surface area contributed by atoms with Gasteiger partial charge in [0, 0.05) is 37.1 Å². The Kier molecular flexibility index (Phi) is 5.80. The zero-order valence-corrected chi connectivity index (χ0v) is 14.4. The average molecular weight is 380 g/mol. The van der Waals surface area contributed by atoms with Gasteiger partial charge in [0.1, 0.15) is 5.82 Å². The van der Waals surface area contributed by atoms with Crippen LogP contribution in [0.15, 0.2) is 42.6 Å². The molecule has 0 bridgehead atoms. The van der Waals surface area contributed by atoms with E-state index in [9.17, 15) is 18.0 Å². The van der Waals surface area contributed by atoms with E-state index in [0.717, 1.165) is 36.6 Å². The minimum absolute atomic E-state index is 0.243. The number of nitrogens with one attached hydrogen (secondary N) is 2. The smallest absolute Gasteiger partial charge is 0.378 e. The summed E-state index contributed by atoms with van der Waals surface area (Å²) in [4.78, 5) is 18.5. The number of rotatable bonds is 4. The molecule has 1 aliphatic rings. The lowest BCUT2D eigenvalue weighted by Gasteiger charge is -2.29. The van der Waals surface area contributed by atoms with Crippen molar-refractivity contribution in [1.82, 2.24) is 10.3 Å². The Hall–Kier alpha value is -2.81. The van der Waals surface area contributed by atoms with Crippen molar-refractivity contribution in [2.45, 2.75) is 12.7 Å². The molecule has 1 aromatic heterocycles. The molecule has 1 aliphatic heterocycles. The van der Waals surface area contributed by atoms with Crippen LogP contribution < -0.4 is 15.5 Å². The number of anilines is 2. The lowest BCUT2D eigenvalue weighted by molar-refractivity contribution is -0.137. The van der Waals surface area contributed by atoms with Crippen LogP contribution in [0.4, 0.5) is 29.5 Å². The highest BCUT2D eigenvalue weighted by Gasteiger charge is 2.30. The van der Waals surface area contributed by atoms with Crippen molar-refractivity contribution in [3.63, 3.8) is 0 Å². The molecule has 9 heteroatoms. The van der Waals surface area contributed by atoms with Crippen molar-refractivity contribution in [1.29, 1.82) is 0 Å². The van der Waals surface area contributed by atoms with E-state index in [2.05, 4.69) is 20.5 Å². The monoisotopic (exact) mass is 380 g/mol. The molecule has 2 aromatic rings. The van der Waals surface area contributed by atoms with Crippen molar-refractivity contribution in [3.8, 4) is 0 Å². The summed E-state index contributed by atoms with van der Waals surface area (Å²) >= 11 is 0. The summed E-state index contributed by atoms with van der Waals surface area (Å²) in [5, 5.41) is 5.22. The fourth-order valence-electron chi connectivity index (χ4n) is 2.72. The molecule has 1 fully saturated rings. The number of aromatic nitrogens is 1. The minimum Gasteiger partial charge on any atom is -0.378 e. The van der Waals surface area contributed by atoms with E-state index in [-0.39, 0.29) is 12.2 Å². The third-order valence-corrected chi connectivity index (χ3v) is 4.09. The van der Waals surface area contributed by atoms with Crippen molar-refractivity contribution < 1.29 is 22.7 Å². The van der Waals surface area contributed by atoms with Crippen LogP contribution in [0.25, 0.3) is 0 Å². The largest absolute Gasteiger partial charge is 0.416 e. The summed E-state index contributed by atoms with van der Waals surface area (Å²) in [7, 11) is 0. The van der Waals surface area contributed by atoms with E-state index in [1.54, 1.807) is 12.3 Å². The van der Waals surface area contributed by atoms with Crippen LogP contribution >= 0.6 is 0 Å². The van der Waals surface area contributed by atoms with Crippen LogP contribution in [-0.4, -0.2) is 37.3 Å². The Labute approximate surface area is 154 Å². The summed E-state index contributed by atoms with van der Waals surface area (Å²) in [6.45, 7) is 2.94. The molecule has 27 heavy (non-hydrogen) atoms. The standard InChI is InChI=1S/C18H19F3N4O2/c19-18(20,21)14-3-5-15(6-4-14)24-17(26)23-12-13-2-1-7-22-16(13)25-8-10-27-11-9-25/h1-7H,8-12H2,(H2,23,24,26). The van der Waals surface area contributed by atoms with Gasteiger partial charge in [-0.3, -0.25) is 0 Å². The van der Waals surface area contributed by atoms with Gasteiger partial charge in [-0.15, -0.1) is 0 Å². The summed E-state index contributed by atoms with van der Waals surface area (Å²) in [6, 6.07) is 7.43. The van der Waals surface area contributed by atoms with Crippen LogP contribution in [0.2, 0.25) is 0 Å². The number of carbonyl (C=O) groups excluding carboxylic acids is 1. The van der Waals surface area contributed by atoms with Crippen LogP contribution in [0, 0.1) is 0 Å². The molecular weight excluding hydrogens is 361 g/mol. The zero-order valence-electron chi connectivity index (χ0n) is 14.4. The van der Waals surface area contributed by atoms with E-state index in [1.165, 1.54) is 12.1 Å². The molecule has 1 saturated heterocycles. The second-order valence-electron chi connectivity index (χ2n) is 5.97. The van der Waals surface area contributed by atoms with E-state index in [0.29, 0.717) is 13.2 Å². The first-order valence-electron chi connectivity index (χ1n) is 8.42. The molecule has 3 rings (SSSR count). The highest BCUT2D eigenvalue weighted by atomic mass is 19.4. The topological polar surface area (TPSA) is 66.5 Å². The number of hydrogen-bond donors (Lipinski definition) is 2. The van der Waals surface area contributed by atoms with E-state index < -0.39 is 17.8 Å². The average Bonchev–Trinajstić information content (AvgIpc) is 2.67. The second-order valence-corrected chi connectivity index (χ2v) is 5.97. The number of benzene rings is 1. The highest BCUT2D eigenvalue weighted by Crippen LogP contribution is 2.29. The first-order chi connectivity index (χ1) is 12.9. The van der Waals surface area contributed by atoms with E-state index in [1.807, 2.05) is 6.07 Å². The van der Waals surface area contributed by atoms with Crippen molar-refractivity contribution in [2.75, 3.05) is 36.5 Å². The van der Waals surface area contributed by atoms with Gasteiger partial charge >= 0.3 is 12.2 Å². The third kappa shape index (κ3) is 5.10. The first-order valence-corrected chi connectivity index (χ1v) is 8.42. The summed E-state index contributed by atoms with van der Waals surface area (Å²) in [5.41, 5.74) is 0.362. The third-order valence-electron chi connectivity index (χ3n) is 4.09. The molecule has 0 unspecified atom stereocenters. The van der Waals surface area contributed by atoms with Gasteiger partial charge in [-0.05, 0) is 30.3 Å². The zero-order chi connectivity index (χ0) is 19.3. The lowest BCUT2D eigenvalue weighted by Crippen LogP contribution is -2.38. The number of amides is 2. The second kappa shape index (κ2) is 8.26. The van der Waals surface area contributed by atoms with Crippen LogP contribution in [0.5, 0.6) is 0 Å². The molecule has 2 N–H and O–H groups in total. The predicted octanol–water partition coefficient (Wildman–Crippen LogP) is 3.26. The molecule has 2 amide bonds. The number of alkyl halides is 3. The maximum atomic E-state index is 12.6. The molecule has 0 spiro atoms. The predicted molar refractivity (Wildman–Crippen MR) is 94.6 cm³/mol. The number of halogens is 3. The number of ether oxygens (including phenoxy) is 1. The molecule has 0 radical (unpaired) electrons. The number of carbonyl (C=O) groups is 1. The van der Waals surface area contributed by atoms with E-state index >= 15 is 0 Å². The molecule has 2 heterocycles. The fraction of sp³-hybridized carbons (Fsp3) is 0.333. The van der Waals surface area contributed by atoms with Crippen LogP contribution in [0.3, 0.4) is 0 Å². The van der Waals surface area contributed by atoms with Crippen LogP contribution in [0.1, 0.15) is 11.1 Å². The normalized spacial score (nSPS) is 14.7. The van der Waals surface area contributed by atoms with Gasteiger partial charge in [-0.2, -0.15) is 13.2 Å². The molecule has 0 saturated carbocycles. The van der Waals surface area contributed by atoms with Gasteiger partial charge in [-0.25, -0.2) is 9.78 Å². The van der Waals surface area contributed by atoms with Crippen molar-refractivity contribution in [2.24, 2.45) is 0 Å². The number of nitrogens with zero attached hydrogens (tertiary/aromatic N) is 2. The number of morpholine rings is 1. The summed E-state index contributed by atoms with van der Waals surface area (Å²) in [5.74, 6) is 0.788. The Bertz CT molecular complexity index is 775. The molecule has 0 atom stereocenters. The highest BCUT2D eigenvalue weighted by molar-refractivity contribution is 5.89. The molecule has 144 valence electrons. The molecule has 1 aromatic carbocycles. The van der Waals surface area contributed by atoms with Gasteiger partial charge in [0.25, 0.3) is 0 Å². The van der Waals surface area contributed by atoms with Crippen molar-refractivity contribution in [3.05, 3.63) is 53.7 Å². The minimum atomic E-state index is -4.41. The lowest BCUT2D eigenvalue weighted by atomic mass is 10.2. The van der Waals surface area contributed by atoms with Crippen molar-refractivity contribution >= 4 is 17.5 Å². The Morgan fingerprint density at radius 2 is 1.85 bits per heavy atom.